The van der Waals surface area contributed by atoms with E-state index in [2.05, 4.69) is 88.4 Å². The molecule has 0 heterocycles. The molecule has 0 bridgehead atoms. The van der Waals surface area contributed by atoms with Gasteiger partial charge in [-0.2, -0.15) is 0 Å². The van der Waals surface area contributed by atoms with E-state index >= 15 is 0 Å². The van der Waals surface area contributed by atoms with E-state index in [0.29, 0.717) is 13.2 Å². The van der Waals surface area contributed by atoms with Crippen molar-refractivity contribution in [1.82, 2.24) is 0 Å². The van der Waals surface area contributed by atoms with Crippen molar-refractivity contribution < 1.29 is 9.47 Å². The van der Waals surface area contributed by atoms with Gasteiger partial charge in [0.05, 0.1) is 0 Å². The average molecular weight is 403 g/mol. The Labute approximate surface area is 181 Å². The lowest BCUT2D eigenvalue weighted by atomic mass is 9.95. The van der Waals surface area contributed by atoms with Crippen molar-refractivity contribution in [1.29, 1.82) is 0 Å². The van der Waals surface area contributed by atoms with Crippen LogP contribution >= 0.6 is 0 Å². The van der Waals surface area contributed by atoms with Crippen LogP contribution in [0.3, 0.4) is 0 Å². The van der Waals surface area contributed by atoms with Crippen molar-refractivity contribution >= 4 is 21.5 Å². The number of allylic oxidation sites excluding steroid dienone is 2. The minimum atomic E-state index is 0.576. The smallest absolute Gasteiger partial charge is 0.135 e. The molecule has 158 valence electrons. The number of unbranched alkanes of at least 4 members (excludes halogenated alkanes) is 2. The molecule has 3 aromatic rings. The van der Waals surface area contributed by atoms with E-state index in [4.69, 9.17) is 9.47 Å². The molecule has 2 nitrogen and oxygen atoms in total. The highest BCUT2D eigenvalue weighted by atomic mass is 16.5. The minimum absolute atomic E-state index is 0.576. The second-order valence-electron chi connectivity index (χ2n) is 7.80. The highest BCUT2D eigenvalue weighted by Gasteiger charge is 2.18. The standard InChI is InChI=1S/C28H34O2/c1-5-7-9-11-19-29-27-23-17-13-16-22(4)26(23)28(30-20-12-10-8-6-2)24-18-14-15-21(3)25(24)27/h9-18H,5-8,19-20H2,1-4H3/b11-9+,12-10+. The molecular weight excluding hydrogens is 368 g/mol. The van der Waals surface area contributed by atoms with Crippen LogP contribution in [0.25, 0.3) is 21.5 Å². The predicted molar refractivity (Wildman–Crippen MR) is 130 cm³/mol. The third kappa shape index (κ3) is 4.87. The molecular formula is C28H34O2. The number of rotatable bonds is 10. The molecule has 0 amide bonds. The molecule has 0 spiro atoms. The summed E-state index contributed by atoms with van der Waals surface area (Å²) < 4.78 is 12.7. The zero-order chi connectivity index (χ0) is 21.3. The maximum atomic E-state index is 6.37. The van der Waals surface area contributed by atoms with E-state index in [1.807, 2.05) is 0 Å². The fourth-order valence-corrected chi connectivity index (χ4v) is 3.85. The lowest BCUT2D eigenvalue weighted by molar-refractivity contribution is 0.364. The Kier molecular flexibility index (Phi) is 7.96. The monoisotopic (exact) mass is 402 g/mol. The molecule has 0 saturated carbocycles. The maximum absolute atomic E-state index is 6.37. The van der Waals surface area contributed by atoms with Crippen molar-refractivity contribution in [3.63, 3.8) is 0 Å². The van der Waals surface area contributed by atoms with Crippen LogP contribution in [0.1, 0.15) is 50.7 Å². The molecule has 0 atom stereocenters. The second kappa shape index (κ2) is 10.9. The van der Waals surface area contributed by atoms with Crippen LogP contribution in [0, 0.1) is 13.8 Å². The molecule has 0 radical (unpaired) electrons. The fourth-order valence-electron chi connectivity index (χ4n) is 3.85. The number of hydrogen-bond donors (Lipinski definition) is 0. The first kappa shape index (κ1) is 22.0. The summed E-state index contributed by atoms with van der Waals surface area (Å²) in [6, 6.07) is 12.8. The molecule has 0 aliphatic rings. The topological polar surface area (TPSA) is 18.5 Å². The van der Waals surface area contributed by atoms with Crippen molar-refractivity contribution in [2.75, 3.05) is 13.2 Å². The van der Waals surface area contributed by atoms with Crippen LogP contribution in [0.4, 0.5) is 0 Å². The van der Waals surface area contributed by atoms with Crippen molar-refractivity contribution in [2.45, 2.75) is 53.4 Å². The zero-order valence-corrected chi connectivity index (χ0v) is 18.8. The van der Waals surface area contributed by atoms with Gasteiger partial charge in [0, 0.05) is 21.5 Å². The van der Waals surface area contributed by atoms with Crippen molar-refractivity contribution in [2.24, 2.45) is 0 Å². The number of ether oxygens (including phenoxy) is 2. The molecule has 0 N–H and O–H groups in total. The van der Waals surface area contributed by atoms with Gasteiger partial charge in [0.2, 0.25) is 0 Å². The molecule has 0 fully saturated rings. The van der Waals surface area contributed by atoms with Gasteiger partial charge in [-0.1, -0.05) is 87.4 Å². The normalized spacial score (nSPS) is 11.9. The molecule has 30 heavy (non-hydrogen) atoms. The van der Waals surface area contributed by atoms with E-state index in [1.165, 1.54) is 11.1 Å². The van der Waals surface area contributed by atoms with Crippen LogP contribution in [-0.4, -0.2) is 13.2 Å². The highest BCUT2D eigenvalue weighted by Crippen LogP contribution is 2.45. The maximum Gasteiger partial charge on any atom is 0.135 e. The fraction of sp³-hybridized carbons (Fsp3) is 0.357. The zero-order valence-electron chi connectivity index (χ0n) is 18.8. The molecule has 0 aromatic heterocycles. The summed E-state index contributed by atoms with van der Waals surface area (Å²) in [6.45, 7) is 9.82. The van der Waals surface area contributed by atoms with Gasteiger partial charge in [-0.25, -0.2) is 0 Å². The summed E-state index contributed by atoms with van der Waals surface area (Å²) in [7, 11) is 0. The second-order valence-corrected chi connectivity index (χ2v) is 7.80. The van der Waals surface area contributed by atoms with Crippen LogP contribution < -0.4 is 9.47 Å². The van der Waals surface area contributed by atoms with Crippen molar-refractivity contribution in [3.8, 4) is 11.5 Å². The molecule has 0 unspecified atom stereocenters. The van der Waals surface area contributed by atoms with Gasteiger partial charge in [-0.3, -0.25) is 0 Å². The quantitative estimate of drug-likeness (QED) is 0.252. The SMILES string of the molecule is CCC/C=C/COc1c2cccc(C)c2c(OC/C=C/CCC)c2cccc(C)c12. The first-order chi connectivity index (χ1) is 14.7. The Morgan fingerprint density at radius 3 is 1.47 bits per heavy atom. The van der Waals surface area contributed by atoms with Crippen LogP contribution in [0.5, 0.6) is 11.5 Å². The predicted octanol–water partition coefficient (Wildman–Crippen LogP) is 8.08. The summed E-state index contributed by atoms with van der Waals surface area (Å²) in [6.07, 6.45) is 13.1. The van der Waals surface area contributed by atoms with Crippen LogP contribution in [0.15, 0.2) is 60.7 Å². The summed E-state index contributed by atoms with van der Waals surface area (Å²) >= 11 is 0. The van der Waals surface area contributed by atoms with Gasteiger partial charge < -0.3 is 9.47 Å². The lowest BCUT2D eigenvalue weighted by Gasteiger charge is -2.19. The van der Waals surface area contributed by atoms with Gasteiger partial charge in [0.25, 0.3) is 0 Å². The highest BCUT2D eigenvalue weighted by molar-refractivity contribution is 6.13. The largest absolute Gasteiger partial charge is 0.488 e. The minimum Gasteiger partial charge on any atom is -0.488 e. The van der Waals surface area contributed by atoms with Gasteiger partial charge in [0.1, 0.15) is 24.7 Å². The number of benzene rings is 3. The molecule has 0 saturated heterocycles. The first-order valence-electron chi connectivity index (χ1n) is 11.2. The molecule has 2 heteroatoms. The first-order valence-corrected chi connectivity index (χ1v) is 11.2. The molecule has 3 aromatic carbocycles. The Morgan fingerprint density at radius 2 is 1.07 bits per heavy atom. The number of aryl methyl sites for hydroxylation is 2. The number of fused-ring (bicyclic) bond motifs is 2. The summed E-state index contributed by atoms with van der Waals surface area (Å²) in [5, 5.41) is 4.53. The number of hydrogen-bond acceptors (Lipinski definition) is 2. The Hall–Kier alpha value is -2.74. The van der Waals surface area contributed by atoms with Gasteiger partial charge in [-0.05, 0) is 37.8 Å². The average Bonchev–Trinajstić information content (AvgIpc) is 2.74. The Morgan fingerprint density at radius 1 is 0.633 bits per heavy atom. The van der Waals surface area contributed by atoms with Gasteiger partial charge >= 0.3 is 0 Å². The van der Waals surface area contributed by atoms with Gasteiger partial charge in [0.15, 0.2) is 0 Å². The van der Waals surface area contributed by atoms with E-state index in [9.17, 15) is 0 Å². The molecule has 0 aliphatic heterocycles. The van der Waals surface area contributed by atoms with Crippen molar-refractivity contribution in [3.05, 3.63) is 71.8 Å². The van der Waals surface area contributed by atoms with Crippen LogP contribution in [-0.2, 0) is 0 Å². The van der Waals surface area contributed by atoms with E-state index in [-0.39, 0.29) is 0 Å². The molecule has 3 rings (SSSR count). The molecule has 0 aliphatic carbocycles. The lowest BCUT2D eigenvalue weighted by Crippen LogP contribution is -2.01. The third-order valence-corrected chi connectivity index (χ3v) is 5.38. The summed E-state index contributed by atoms with van der Waals surface area (Å²) in [4.78, 5) is 0. The Bertz CT molecular complexity index is 958. The van der Waals surface area contributed by atoms with E-state index in [1.54, 1.807) is 0 Å². The third-order valence-electron chi connectivity index (χ3n) is 5.38. The van der Waals surface area contributed by atoms with Gasteiger partial charge in [-0.15, -0.1) is 0 Å². The van der Waals surface area contributed by atoms with Crippen LogP contribution in [0.2, 0.25) is 0 Å². The van der Waals surface area contributed by atoms with E-state index in [0.717, 1.165) is 58.7 Å². The summed E-state index contributed by atoms with van der Waals surface area (Å²) in [5.74, 6) is 1.91. The van der Waals surface area contributed by atoms with E-state index < -0.39 is 0 Å². The summed E-state index contributed by atoms with van der Waals surface area (Å²) in [5.41, 5.74) is 2.41. The Balaban J connectivity index is 2.13.